The molecule has 2 aromatic carbocycles. The van der Waals surface area contributed by atoms with Crippen LogP contribution in [-0.4, -0.2) is 64.0 Å². The Morgan fingerprint density at radius 1 is 0.951 bits per heavy atom. The number of nitrogens with zero attached hydrogens (tertiary/aromatic N) is 5. The predicted octanol–water partition coefficient (Wildman–Crippen LogP) is 4.78. The van der Waals surface area contributed by atoms with Crippen molar-refractivity contribution in [2.24, 2.45) is 0 Å². The minimum atomic E-state index is -2.67. The summed E-state index contributed by atoms with van der Waals surface area (Å²) < 4.78 is 40.3. The lowest BCUT2D eigenvalue weighted by atomic mass is 9.88. The van der Waals surface area contributed by atoms with Crippen LogP contribution in [0.2, 0.25) is 0 Å². The number of aromatic nitrogens is 4. The second kappa shape index (κ2) is 10.2. The van der Waals surface area contributed by atoms with E-state index in [0.29, 0.717) is 37.7 Å². The van der Waals surface area contributed by atoms with Crippen molar-refractivity contribution >= 4 is 23.2 Å². The maximum Gasteiger partial charge on any atom is 0.316 e. The zero-order chi connectivity index (χ0) is 28.0. The molecule has 1 saturated carbocycles. The first kappa shape index (κ1) is 25.6. The first-order valence-corrected chi connectivity index (χ1v) is 13.7. The summed E-state index contributed by atoms with van der Waals surface area (Å²) in [7, 11) is 0. The van der Waals surface area contributed by atoms with Gasteiger partial charge < -0.3 is 19.4 Å². The fraction of sp³-hybridized carbons (Fsp3) is 0.333. The van der Waals surface area contributed by atoms with Crippen LogP contribution in [0.25, 0.3) is 17.0 Å². The van der Waals surface area contributed by atoms with Crippen LogP contribution in [0, 0.1) is 0 Å². The monoisotopic (exact) mass is 558 g/mol. The standard InChI is InChI=1S/C30H28F2N6O3/c31-30(32)16-21(17-30)38-18-24(27(36-38)37-10-12-40-13-11-37)28-34-35-29(41-28)33-25-15-23(19-6-2-1-3-7-19)22-9-5-4-8-20(22)14-26(25)39/h1-9,15,18,21,25H,10-14,16-17H2,(H,33,35)/t25-/m0/s1. The number of anilines is 2. The van der Waals surface area contributed by atoms with E-state index in [2.05, 4.69) is 20.6 Å². The predicted molar refractivity (Wildman–Crippen MR) is 148 cm³/mol. The van der Waals surface area contributed by atoms with Gasteiger partial charge in [0.05, 0.1) is 19.3 Å². The molecule has 3 heterocycles. The molecule has 0 radical (unpaired) electrons. The Morgan fingerprint density at radius 2 is 1.71 bits per heavy atom. The Bertz CT molecular complexity index is 1600. The molecule has 7 rings (SSSR count). The van der Waals surface area contributed by atoms with Gasteiger partial charge in [0.1, 0.15) is 11.6 Å². The van der Waals surface area contributed by atoms with Crippen LogP contribution in [0.15, 0.2) is 71.3 Å². The molecule has 9 nitrogen and oxygen atoms in total. The van der Waals surface area contributed by atoms with Crippen molar-refractivity contribution in [3.05, 3.63) is 83.6 Å². The minimum absolute atomic E-state index is 0.0316. The summed E-state index contributed by atoms with van der Waals surface area (Å²) in [5.74, 6) is -1.92. The van der Waals surface area contributed by atoms with Crippen molar-refractivity contribution in [1.82, 2.24) is 20.0 Å². The Kier molecular flexibility index (Phi) is 6.38. The molecule has 0 amide bonds. The highest BCUT2D eigenvalue weighted by Crippen LogP contribution is 2.46. The second-order valence-corrected chi connectivity index (χ2v) is 10.6. The van der Waals surface area contributed by atoms with Crippen LogP contribution >= 0.6 is 0 Å². The van der Waals surface area contributed by atoms with Crippen LogP contribution in [0.3, 0.4) is 0 Å². The van der Waals surface area contributed by atoms with Crippen molar-refractivity contribution < 1.29 is 22.7 Å². The molecule has 0 unspecified atom stereocenters. The number of carbonyl (C=O) groups excluding carboxylic acids is 1. The SMILES string of the molecule is O=C1Cc2ccccc2C(c2ccccc2)=C[C@@H]1Nc1nnc(-c2cn(C3CC(F)(F)C3)nc2N2CCOCC2)o1. The number of ether oxygens (including phenoxy) is 1. The topological polar surface area (TPSA) is 98.3 Å². The first-order chi connectivity index (χ1) is 19.9. The number of nitrogens with one attached hydrogen (secondary N) is 1. The molecule has 41 heavy (non-hydrogen) atoms. The van der Waals surface area contributed by atoms with Gasteiger partial charge in [0.15, 0.2) is 11.6 Å². The highest BCUT2D eigenvalue weighted by molar-refractivity contribution is 5.97. The maximum absolute atomic E-state index is 13.6. The van der Waals surface area contributed by atoms with E-state index in [1.165, 1.54) is 0 Å². The molecule has 1 atom stereocenters. The van der Waals surface area contributed by atoms with Crippen molar-refractivity contribution in [1.29, 1.82) is 0 Å². The van der Waals surface area contributed by atoms with E-state index >= 15 is 0 Å². The van der Waals surface area contributed by atoms with E-state index in [0.717, 1.165) is 22.3 Å². The number of fused-ring (bicyclic) bond motifs is 1. The number of Topliss-reactive ketones (excluding diaryl/α,β-unsaturated/α-hetero) is 1. The molecule has 11 heteroatoms. The normalized spacial score (nSPS) is 20.6. The number of ketones is 1. The van der Waals surface area contributed by atoms with Gasteiger partial charge in [-0.05, 0) is 28.3 Å². The Labute approximate surface area is 234 Å². The number of carbonyl (C=O) groups is 1. The van der Waals surface area contributed by atoms with Gasteiger partial charge in [-0.1, -0.05) is 59.7 Å². The molecule has 1 saturated heterocycles. The van der Waals surface area contributed by atoms with Gasteiger partial charge in [-0.15, -0.1) is 5.10 Å². The number of benzene rings is 2. The number of hydrogen-bond donors (Lipinski definition) is 1. The van der Waals surface area contributed by atoms with Gasteiger partial charge in [-0.2, -0.15) is 5.10 Å². The molecular formula is C30H28F2N6O3. The third kappa shape index (κ3) is 5.01. The highest BCUT2D eigenvalue weighted by Gasteiger charge is 2.47. The number of rotatable bonds is 6. The summed E-state index contributed by atoms with van der Waals surface area (Å²) in [6, 6.07) is 16.8. The summed E-state index contributed by atoms with van der Waals surface area (Å²) in [5.41, 5.74) is 4.45. The van der Waals surface area contributed by atoms with Gasteiger partial charge in [-0.3, -0.25) is 9.48 Å². The third-order valence-corrected chi connectivity index (χ3v) is 7.84. The second-order valence-electron chi connectivity index (χ2n) is 10.6. The lowest BCUT2D eigenvalue weighted by Crippen LogP contribution is -2.38. The van der Waals surface area contributed by atoms with Crippen LogP contribution in [0.4, 0.5) is 20.6 Å². The summed E-state index contributed by atoms with van der Waals surface area (Å²) in [5, 5.41) is 16.2. The lowest BCUT2D eigenvalue weighted by molar-refractivity contribution is -0.118. The minimum Gasteiger partial charge on any atom is -0.403 e. The Balaban J connectivity index is 1.20. The zero-order valence-electron chi connectivity index (χ0n) is 22.2. The molecule has 2 aliphatic carbocycles. The van der Waals surface area contributed by atoms with Crippen molar-refractivity contribution in [2.45, 2.75) is 37.3 Å². The Hall–Kier alpha value is -4.38. The van der Waals surface area contributed by atoms with E-state index in [-0.39, 0.29) is 37.0 Å². The van der Waals surface area contributed by atoms with E-state index in [9.17, 15) is 13.6 Å². The van der Waals surface area contributed by atoms with Gasteiger partial charge in [0, 0.05) is 38.5 Å². The highest BCUT2D eigenvalue weighted by atomic mass is 19.3. The fourth-order valence-electron chi connectivity index (χ4n) is 5.64. The van der Waals surface area contributed by atoms with E-state index < -0.39 is 18.0 Å². The lowest BCUT2D eigenvalue weighted by Gasteiger charge is -2.35. The maximum atomic E-state index is 13.6. The summed E-state index contributed by atoms with van der Waals surface area (Å²) >= 11 is 0. The number of morpholine rings is 1. The molecule has 2 fully saturated rings. The largest absolute Gasteiger partial charge is 0.403 e. The van der Waals surface area contributed by atoms with Gasteiger partial charge in [0.25, 0.3) is 11.8 Å². The number of halogens is 2. The number of alkyl halides is 2. The molecule has 1 N–H and O–H groups in total. The third-order valence-electron chi connectivity index (χ3n) is 7.84. The van der Waals surface area contributed by atoms with E-state index in [4.69, 9.17) is 9.15 Å². The van der Waals surface area contributed by atoms with Crippen molar-refractivity contribution in [3.8, 4) is 11.5 Å². The fourth-order valence-corrected chi connectivity index (χ4v) is 5.64. The Morgan fingerprint density at radius 3 is 2.49 bits per heavy atom. The molecular weight excluding hydrogens is 530 g/mol. The molecule has 2 aromatic heterocycles. The van der Waals surface area contributed by atoms with Crippen LogP contribution in [0.5, 0.6) is 0 Å². The summed E-state index contributed by atoms with van der Waals surface area (Å²) in [6.45, 7) is 2.28. The molecule has 1 aliphatic heterocycles. The van der Waals surface area contributed by atoms with Crippen LogP contribution in [-0.2, 0) is 16.0 Å². The van der Waals surface area contributed by atoms with Crippen molar-refractivity contribution in [3.63, 3.8) is 0 Å². The van der Waals surface area contributed by atoms with Crippen LogP contribution < -0.4 is 10.2 Å². The molecule has 0 spiro atoms. The van der Waals surface area contributed by atoms with Gasteiger partial charge >= 0.3 is 6.01 Å². The summed E-state index contributed by atoms with van der Waals surface area (Å²) in [6.07, 6.45) is 3.34. The number of hydrogen-bond acceptors (Lipinski definition) is 8. The van der Waals surface area contributed by atoms with E-state index in [1.54, 1.807) is 10.9 Å². The molecule has 210 valence electrons. The summed E-state index contributed by atoms with van der Waals surface area (Å²) in [4.78, 5) is 15.4. The van der Waals surface area contributed by atoms with Gasteiger partial charge in [-0.25, -0.2) is 8.78 Å². The zero-order valence-corrected chi connectivity index (χ0v) is 22.2. The molecule has 0 bridgehead atoms. The average Bonchev–Trinajstić information content (AvgIpc) is 3.59. The molecule has 4 aromatic rings. The quantitative estimate of drug-likeness (QED) is 0.361. The van der Waals surface area contributed by atoms with Gasteiger partial charge in [0.2, 0.25) is 0 Å². The van der Waals surface area contributed by atoms with E-state index in [1.807, 2.05) is 65.6 Å². The van der Waals surface area contributed by atoms with Crippen LogP contribution in [0.1, 0.15) is 35.6 Å². The molecule has 3 aliphatic rings. The smallest absolute Gasteiger partial charge is 0.316 e. The average molecular weight is 559 g/mol. The first-order valence-electron chi connectivity index (χ1n) is 13.7. The van der Waals surface area contributed by atoms with Crippen molar-refractivity contribution in [2.75, 3.05) is 36.5 Å².